The maximum Gasteiger partial charge on any atom is 0.148 e. The Labute approximate surface area is 99.1 Å². The van der Waals surface area contributed by atoms with Gasteiger partial charge in [0.2, 0.25) is 0 Å². The first-order valence-corrected chi connectivity index (χ1v) is 5.59. The van der Waals surface area contributed by atoms with Gasteiger partial charge in [-0.1, -0.05) is 11.6 Å². The van der Waals surface area contributed by atoms with Crippen molar-refractivity contribution >= 4 is 17.3 Å². The monoisotopic (exact) mass is 244 g/mol. The van der Waals surface area contributed by atoms with Crippen molar-refractivity contribution in [2.24, 2.45) is 0 Å². The third-order valence-electron chi connectivity index (χ3n) is 2.68. The molecule has 1 aromatic rings. The van der Waals surface area contributed by atoms with Crippen molar-refractivity contribution in [1.29, 1.82) is 0 Å². The van der Waals surface area contributed by atoms with Gasteiger partial charge in [0.25, 0.3) is 0 Å². The van der Waals surface area contributed by atoms with Crippen LogP contribution in [0.5, 0.6) is 5.75 Å². The maximum absolute atomic E-state index is 13.7. The summed E-state index contributed by atoms with van der Waals surface area (Å²) in [6.07, 6.45) is 0. The lowest BCUT2D eigenvalue weighted by Crippen LogP contribution is -2.43. The van der Waals surface area contributed by atoms with E-state index in [9.17, 15) is 4.39 Å². The first kappa shape index (κ1) is 11.5. The van der Waals surface area contributed by atoms with Crippen molar-refractivity contribution in [3.05, 3.63) is 23.0 Å². The van der Waals surface area contributed by atoms with Crippen LogP contribution in [0, 0.1) is 5.82 Å². The summed E-state index contributed by atoms with van der Waals surface area (Å²) in [6.45, 7) is 3.32. The molecule has 3 nitrogen and oxygen atoms in total. The molecule has 1 aliphatic heterocycles. The number of piperazine rings is 1. The summed E-state index contributed by atoms with van der Waals surface area (Å²) in [4.78, 5) is 1.99. The predicted molar refractivity (Wildman–Crippen MR) is 63.0 cm³/mol. The molecule has 0 bridgehead atoms. The molecule has 1 aliphatic rings. The van der Waals surface area contributed by atoms with E-state index in [2.05, 4.69) is 5.32 Å². The quantitative estimate of drug-likeness (QED) is 0.860. The summed E-state index contributed by atoms with van der Waals surface area (Å²) in [5, 5.41) is 3.53. The van der Waals surface area contributed by atoms with Gasteiger partial charge in [-0.3, -0.25) is 0 Å². The largest absolute Gasteiger partial charge is 0.495 e. The molecule has 5 heteroatoms. The molecular weight excluding hydrogens is 231 g/mol. The van der Waals surface area contributed by atoms with Crippen LogP contribution < -0.4 is 15.0 Å². The molecule has 1 fully saturated rings. The summed E-state index contributed by atoms with van der Waals surface area (Å²) in [5.41, 5.74) is 0.558. The smallest absolute Gasteiger partial charge is 0.148 e. The lowest BCUT2D eigenvalue weighted by atomic mass is 10.2. The summed E-state index contributed by atoms with van der Waals surface area (Å²) in [6, 6.07) is 2.96. The molecule has 0 unspecified atom stereocenters. The van der Waals surface area contributed by atoms with Crippen molar-refractivity contribution in [1.82, 2.24) is 5.32 Å². The zero-order chi connectivity index (χ0) is 11.5. The standard InChI is InChI=1S/C11H14ClFN2O/c1-16-11-7-10(9(13)6-8(11)12)15-4-2-14-3-5-15/h6-7,14H,2-5H2,1H3. The molecular formula is C11H14ClFN2O. The zero-order valence-electron chi connectivity index (χ0n) is 9.09. The number of nitrogens with one attached hydrogen (secondary N) is 1. The normalized spacial score (nSPS) is 16.3. The second-order valence-electron chi connectivity index (χ2n) is 3.68. The van der Waals surface area contributed by atoms with Crippen LogP contribution in [0.3, 0.4) is 0 Å². The molecule has 0 aromatic heterocycles. The maximum atomic E-state index is 13.7. The average Bonchev–Trinajstić information content (AvgIpc) is 2.30. The minimum atomic E-state index is -0.298. The van der Waals surface area contributed by atoms with E-state index in [4.69, 9.17) is 16.3 Å². The summed E-state index contributed by atoms with van der Waals surface area (Å²) < 4.78 is 18.8. The number of nitrogens with zero attached hydrogens (tertiary/aromatic N) is 1. The highest BCUT2D eigenvalue weighted by Gasteiger charge is 2.17. The predicted octanol–water partition coefficient (Wildman–Crippen LogP) is 1.90. The molecule has 16 heavy (non-hydrogen) atoms. The van der Waals surface area contributed by atoms with Crippen molar-refractivity contribution in [2.45, 2.75) is 0 Å². The van der Waals surface area contributed by atoms with E-state index in [0.717, 1.165) is 26.2 Å². The molecule has 0 atom stereocenters. The van der Waals surface area contributed by atoms with Crippen LogP contribution in [0.15, 0.2) is 12.1 Å². The number of hydrogen-bond donors (Lipinski definition) is 1. The Kier molecular flexibility index (Phi) is 3.51. The fraction of sp³-hybridized carbons (Fsp3) is 0.455. The summed E-state index contributed by atoms with van der Waals surface area (Å²) in [5.74, 6) is 0.212. The topological polar surface area (TPSA) is 24.5 Å². The molecule has 1 heterocycles. The van der Waals surface area contributed by atoms with Crippen LogP contribution in [-0.4, -0.2) is 33.3 Å². The molecule has 0 aliphatic carbocycles. The highest BCUT2D eigenvalue weighted by Crippen LogP contribution is 2.32. The molecule has 0 spiro atoms. The Hall–Kier alpha value is -1.00. The molecule has 1 saturated heterocycles. The van der Waals surface area contributed by atoms with Crippen LogP contribution in [-0.2, 0) is 0 Å². The molecule has 0 saturated carbocycles. The minimum Gasteiger partial charge on any atom is -0.495 e. The lowest BCUT2D eigenvalue weighted by Gasteiger charge is -2.30. The highest BCUT2D eigenvalue weighted by atomic mass is 35.5. The van der Waals surface area contributed by atoms with Gasteiger partial charge in [0, 0.05) is 32.2 Å². The van der Waals surface area contributed by atoms with Crippen LogP contribution in [0.2, 0.25) is 5.02 Å². The van der Waals surface area contributed by atoms with E-state index >= 15 is 0 Å². The minimum absolute atomic E-state index is 0.298. The molecule has 0 amide bonds. The van der Waals surface area contributed by atoms with Crippen LogP contribution >= 0.6 is 11.6 Å². The van der Waals surface area contributed by atoms with Crippen LogP contribution in [0.1, 0.15) is 0 Å². The first-order valence-electron chi connectivity index (χ1n) is 5.21. The van der Waals surface area contributed by atoms with Gasteiger partial charge in [0.1, 0.15) is 11.6 Å². The fourth-order valence-corrected chi connectivity index (χ4v) is 2.05. The Bertz CT molecular complexity index is 380. The summed E-state index contributed by atoms with van der Waals surface area (Å²) in [7, 11) is 1.53. The second kappa shape index (κ2) is 4.89. The molecule has 88 valence electrons. The number of benzene rings is 1. The number of hydrogen-bond acceptors (Lipinski definition) is 3. The van der Waals surface area contributed by atoms with Crippen molar-refractivity contribution in [3.63, 3.8) is 0 Å². The van der Waals surface area contributed by atoms with Crippen LogP contribution in [0.25, 0.3) is 0 Å². The number of halogens is 2. The van der Waals surface area contributed by atoms with Crippen LogP contribution in [0.4, 0.5) is 10.1 Å². The Morgan fingerprint density at radius 3 is 2.69 bits per heavy atom. The molecule has 1 N–H and O–H groups in total. The van der Waals surface area contributed by atoms with E-state index in [1.807, 2.05) is 4.90 Å². The van der Waals surface area contributed by atoms with Gasteiger partial charge in [-0.25, -0.2) is 4.39 Å². The Morgan fingerprint density at radius 2 is 2.06 bits per heavy atom. The van der Waals surface area contributed by atoms with E-state index in [0.29, 0.717) is 16.5 Å². The van der Waals surface area contributed by atoms with Gasteiger partial charge < -0.3 is 15.0 Å². The van der Waals surface area contributed by atoms with Crippen molar-refractivity contribution < 1.29 is 9.13 Å². The zero-order valence-corrected chi connectivity index (χ0v) is 9.85. The van der Waals surface area contributed by atoms with E-state index in [1.54, 1.807) is 6.07 Å². The SMILES string of the molecule is COc1cc(N2CCNCC2)c(F)cc1Cl. The van der Waals surface area contributed by atoms with E-state index in [-0.39, 0.29) is 5.82 Å². The third kappa shape index (κ3) is 2.23. The fourth-order valence-electron chi connectivity index (χ4n) is 1.82. The molecule has 1 aromatic carbocycles. The van der Waals surface area contributed by atoms with E-state index < -0.39 is 0 Å². The molecule has 0 radical (unpaired) electrons. The third-order valence-corrected chi connectivity index (χ3v) is 2.97. The summed E-state index contributed by atoms with van der Waals surface area (Å²) >= 11 is 5.84. The number of ether oxygens (including phenoxy) is 1. The Morgan fingerprint density at radius 1 is 1.38 bits per heavy atom. The van der Waals surface area contributed by atoms with Gasteiger partial charge in [-0.2, -0.15) is 0 Å². The first-order chi connectivity index (χ1) is 7.72. The van der Waals surface area contributed by atoms with Gasteiger partial charge in [-0.15, -0.1) is 0 Å². The van der Waals surface area contributed by atoms with E-state index in [1.165, 1.54) is 13.2 Å². The average molecular weight is 245 g/mol. The van der Waals surface area contributed by atoms with Gasteiger partial charge in [0.05, 0.1) is 17.8 Å². The van der Waals surface area contributed by atoms with Gasteiger partial charge in [0.15, 0.2) is 0 Å². The number of rotatable bonds is 2. The van der Waals surface area contributed by atoms with Crippen molar-refractivity contribution in [2.75, 3.05) is 38.2 Å². The van der Waals surface area contributed by atoms with Gasteiger partial charge >= 0.3 is 0 Å². The Balaban J connectivity index is 2.31. The van der Waals surface area contributed by atoms with Gasteiger partial charge in [-0.05, 0) is 6.07 Å². The van der Waals surface area contributed by atoms with Crippen molar-refractivity contribution in [3.8, 4) is 5.75 Å². The number of anilines is 1. The highest BCUT2D eigenvalue weighted by molar-refractivity contribution is 6.32. The second-order valence-corrected chi connectivity index (χ2v) is 4.08. The number of methoxy groups -OCH3 is 1. The molecule has 2 rings (SSSR count). The lowest BCUT2D eigenvalue weighted by molar-refractivity contribution is 0.413.